The van der Waals surface area contributed by atoms with Crippen LogP contribution in [0.4, 0.5) is 0 Å². The average molecular weight is 249 g/mol. The van der Waals surface area contributed by atoms with Crippen LogP contribution in [-0.4, -0.2) is 28.3 Å². The number of nitrogens with one attached hydrogen (secondary N) is 1. The van der Waals surface area contributed by atoms with Gasteiger partial charge >= 0.3 is 0 Å². The van der Waals surface area contributed by atoms with E-state index in [0.717, 1.165) is 30.9 Å². The van der Waals surface area contributed by atoms with Crippen molar-refractivity contribution in [3.63, 3.8) is 0 Å². The van der Waals surface area contributed by atoms with E-state index in [0.29, 0.717) is 12.0 Å². The van der Waals surface area contributed by atoms with Crippen molar-refractivity contribution in [2.45, 2.75) is 31.2 Å². The highest BCUT2D eigenvalue weighted by Gasteiger charge is 2.26. The number of hydrogen-bond donors (Lipinski definition) is 1. The fraction of sp³-hybridized carbons (Fsp3) is 0.571. The molecule has 0 radical (unpaired) electrons. The van der Waals surface area contributed by atoms with Crippen molar-refractivity contribution in [2.75, 3.05) is 18.1 Å². The molecule has 1 unspecified atom stereocenters. The predicted molar refractivity (Wildman–Crippen MR) is 71.8 cm³/mol. The van der Waals surface area contributed by atoms with Gasteiger partial charge in [0.2, 0.25) is 0 Å². The second-order valence-electron chi connectivity index (χ2n) is 5.13. The molecule has 1 aromatic carbocycles. The fourth-order valence-electron chi connectivity index (χ4n) is 2.85. The van der Waals surface area contributed by atoms with Gasteiger partial charge in [0.1, 0.15) is 0 Å². The zero-order chi connectivity index (χ0) is 11.7. The van der Waals surface area contributed by atoms with E-state index in [1.165, 1.54) is 17.5 Å². The molecule has 1 heterocycles. The van der Waals surface area contributed by atoms with E-state index in [1.54, 1.807) is 0 Å². The normalized spacial score (nSPS) is 31.6. The fourth-order valence-corrected chi connectivity index (χ4v) is 4.15. The van der Waals surface area contributed by atoms with Gasteiger partial charge in [-0.2, -0.15) is 0 Å². The second-order valence-corrected chi connectivity index (χ2v) is 6.83. The van der Waals surface area contributed by atoms with Crippen LogP contribution in [0.2, 0.25) is 0 Å². The highest BCUT2D eigenvalue weighted by molar-refractivity contribution is 7.85. The zero-order valence-corrected chi connectivity index (χ0v) is 10.8. The summed E-state index contributed by atoms with van der Waals surface area (Å²) in [5.74, 6) is 2.48. The molecule has 0 aromatic heterocycles. The summed E-state index contributed by atoms with van der Waals surface area (Å²) in [7, 11) is -0.539. The molecule has 1 fully saturated rings. The Morgan fingerprint density at radius 3 is 2.76 bits per heavy atom. The van der Waals surface area contributed by atoms with Crippen LogP contribution in [0, 0.1) is 0 Å². The molecule has 0 saturated carbocycles. The summed E-state index contributed by atoms with van der Waals surface area (Å²) in [6.45, 7) is 1.09. The highest BCUT2D eigenvalue weighted by Crippen LogP contribution is 2.34. The van der Waals surface area contributed by atoms with Crippen molar-refractivity contribution in [2.24, 2.45) is 0 Å². The molecule has 1 saturated heterocycles. The van der Waals surface area contributed by atoms with Crippen molar-refractivity contribution in [1.29, 1.82) is 0 Å². The third-order valence-corrected chi connectivity index (χ3v) is 5.38. The van der Waals surface area contributed by atoms with E-state index in [4.69, 9.17) is 0 Å². The molecule has 1 aliphatic heterocycles. The predicted octanol–water partition coefficient (Wildman–Crippen LogP) is 1.83. The topological polar surface area (TPSA) is 29.1 Å². The van der Waals surface area contributed by atoms with Gasteiger partial charge < -0.3 is 5.32 Å². The van der Waals surface area contributed by atoms with Crippen LogP contribution < -0.4 is 5.32 Å². The monoisotopic (exact) mass is 249 g/mol. The third-order valence-electron chi connectivity index (χ3n) is 4.00. The number of rotatable bonds is 3. The third kappa shape index (κ3) is 2.45. The van der Waals surface area contributed by atoms with Crippen LogP contribution in [0.15, 0.2) is 24.3 Å². The summed E-state index contributed by atoms with van der Waals surface area (Å²) < 4.78 is 11.3. The Labute approximate surface area is 105 Å². The SMILES string of the molecule is O=S1CCC(NCC2Cc3ccccc32)CC1. The minimum absolute atomic E-state index is 0.539. The average Bonchev–Trinajstić information content (AvgIpc) is 2.33. The van der Waals surface area contributed by atoms with Gasteiger partial charge in [-0.25, -0.2) is 0 Å². The van der Waals surface area contributed by atoms with Gasteiger partial charge in [-0.05, 0) is 30.4 Å². The zero-order valence-electron chi connectivity index (χ0n) is 10.0. The van der Waals surface area contributed by atoms with Crippen LogP contribution in [0.3, 0.4) is 0 Å². The molecule has 1 atom stereocenters. The molecule has 0 amide bonds. The summed E-state index contributed by atoms with van der Waals surface area (Å²) in [4.78, 5) is 0. The first kappa shape index (κ1) is 11.4. The van der Waals surface area contributed by atoms with Gasteiger partial charge in [0.25, 0.3) is 0 Å². The molecule has 3 rings (SSSR count). The molecule has 0 spiro atoms. The minimum atomic E-state index is -0.539. The van der Waals surface area contributed by atoms with Gasteiger partial charge in [0.15, 0.2) is 0 Å². The minimum Gasteiger partial charge on any atom is -0.313 e. The molecule has 0 bridgehead atoms. The highest BCUT2D eigenvalue weighted by atomic mass is 32.2. The maximum Gasteiger partial charge on any atom is 0.0249 e. The lowest BCUT2D eigenvalue weighted by Gasteiger charge is -2.32. The standard InChI is InChI=1S/C14H19NOS/c16-17-7-5-13(6-8-17)15-10-12-9-11-3-1-2-4-14(11)12/h1-4,12-13,15H,5-10H2. The lowest BCUT2D eigenvalue weighted by atomic mass is 9.77. The molecule has 17 heavy (non-hydrogen) atoms. The second kappa shape index (κ2) is 4.91. The Bertz CT molecular complexity index is 422. The quantitative estimate of drug-likeness (QED) is 0.885. The smallest absolute Gasteiger partial charge is 0.0249 e. The van der Waals surface area contributed by atoms with Gasteiger partial charge in [-0.15, -0.1) is 0 Å². The lowest BCUT2D eigenvalue weighted by molar-refractivity contribution is 0.436. The Balaban J connectivity index is 1.49. The molecular formula is C14H19NOS. The number of benzene rings is 1. The van der Waals surface area contributed by atoms with Crippen molar-refractivity contribution < 1.29 is 4.21 Å². The van der Waals surface area contributed by atoms with E-state index in [-0.39, 0.29) is 0 Å². The molecule has 1 aromatic rings. The molecule has 1 aliphatic carbocycles. The van der Waals surface area contributed by atoms with Crippen LogP contribution in [0.1, 0.15) is 29.9 Å². The maximum absolute atomic E-state index is 11.3. The van der Waals surface area contributed by atoms with E-state index < -0.39 is 10.8 Å². The van der Waals surface area contributed by atoms with Gasteiger partial charge in [-0.3, -0.25) is 4.21 Å². The largest absolute Gasteiger partial charge is 0.313 e. The van der Waals surface area contributed by atoms with Gasteiger partial charge in [-0.1, -0.05) is 24.3 Å². The Morgan fingerprint density at radius 1 is 1.24 bits per heavy atom. The summed E-state index contributed by atoms with van der Waals surface area (Å²) in [6.07, 6.45) is 3.39. The van der Waals surface area contributed by atoms with E-state index in [2.05, 4.69) is 29.6 Å². The van der Waals surface area contributed by atoms with Crippen LogP contribution in [0.5, 0.6) is 0 Å². The summed E-state index contributed by atoms with van der Waals surface area (Å²) >= 11 is 0. The van der Waals surface area contributed by atoms with Gasteiger partial charge in [0.05, 0.1) is 0 Å². The van der Waals surface area contributed by atoms with Crippen LogP contribution in [-0.2, 0) is 17.2 Å². The Hall–Kier alpha value is -0.670. The summed E-state index contributed by atoms with van der Waals surface area (Å²) in [5, 5.41) is 3.65. The number of fused-ring (bicyclic) bond motifs is 1. The van der Waals surface area contributed by atoms with Crippen molar-refractivity contribution in [3.8, 4) is 0 Å². The molecule has 92 valence electrons. The molecule has 1 N–H and O–H groups in total. The molecule has 2 nitrogen and oxygen atoms in total. The molecule has 3 heteroatoms. The Morgan fingerprint density at radius 2 is 2.00 bits per heavy atom. The lowest BCUT2D eigenvalue weighted by Crippen LogP contribution is -2.39. The van der Waals surface area contributed by atoms with Crippen LogP contribution in [0.25, 0.3) is 0 Å². The first-order valence-corrected chi connectivity index (χ1v) is 7.98. The Kier molecular flexibility index (Phi) is 3.30. The molecule has 2 aliphatic rings. The first-order chi connectivity index (χ1) is 8.33. The van der Waals surface area contributed by atoms with E-state index in [1.807, 2.05) is 0 Å². The van der Waals surface area contributed by atoms with Crippen molar-refractivity contribution >= 4 is 10.8 Å². The summed E-state index contributed by atoms with van der Waals surface area (Å²) in [5.41, 5.74) is 3.04. The van der Waals surface area contributed by atoms with E-state index >= 15 is 0 Å². The van der Waals surface area contributed by atoms with Gasteiger partial charge in [0, 0.05) is 40.8 Å². The summed E-state index contributed by atoms with van der Waals surface area (Å²) in [6, 6.07) is 9.34. The maximum atomic E-state index is 11.3. The van der Waals surface area contributed by atoms with Crippen LogP contribution >= 0.6 is 0 Å². The number of hydrogen-bond acceptors (Lipinski definition) is 2. The molecular weight excluding hydrogens is 230 g/mol. The first-order valence-electron chi connectivity index (χ1n) is 6.49. The van der Waals surface area contributed by atoms with Crippen molar-refractivity contribution in [3.05, 3.63) is 35.4 Å². The van der Waals surface area contributed by atoms with Crippen molar-refractivity contribution in [1.82, 2.24) is 5.32 Å². The van der Waals surface area contributed by atoms with E-state index in [9.17, 15) is 4.21 Å².